The number of alkyl halides is 7. The summed E-state index contributed by atoms with van der Waals surface area (Å²) in [6.07, 6.45) is -10.6. The van der Waals surface area contributed by atoms with Crippen LogP contribution in [0.25, 0.3) is 0 Å². The smallest absolute Gasteiger partial charge is 0.416 e. The fraction of sp³-hybridized carbons (Fsp3) is 0.429. The molecule has 1 unspecified atom stereocenters. The number of ether oxygens (including phenoxy) is 2. The molecule has 2 aliphatic rings. The molecule has 2 fully saturated rings. The summed E-state index contributed by atoms with van der Waals surface area (Å²) in [4.78, 5) is 29.8. The number of nitrogens with one attached hydrogen (secondary N) is 1. The number of aliphatic hydroxyl groups is 1. The number of hydrogen-bond donors (Lipinski definition) is 2. The van der Waals surface area contributed by atoms with Crippen molar-refractivity contribution in [1.82, 2.24) is 15.1 Å². The summed E-state index contributed by atoms with van der Waals surface area (Å²) in [6.45, 7) is 1.67. The van der Waals surface area contributed by atoms with E-state index >= 15 is 0 Å². The fourth-order valence-electron chi connectivity index (χ4n) is 6.21. The predicted molar refractivity (Wildman–Crippen MR) is 176 cm³/mol. The molecule has 50 heavy (non-hydrogen) atoms. The van der Waals surface area contributed by atoms with Gasteiger partial charge in [-0.15, -0.1) is 0 Å². The summed E-state index contributed by atoms with van der Waals surface area (Å²) >= 11 is 3.00. The van der Waals surface area contributed by atoms with Crippen LogP contribution in [0.4, 0.5) is 31.1 Å². The Labute approximate surface area is 294 Å². The second-order valence-electron chi connectivity index (χ2n) is 12.2. The quantitative estimate of drug-likeness (QED) is 0.135. The lowest BCUT2D eigenvalue weighted by Gasteiger charge is -2.51. The Hall–Kier alpha value is -3.66. The summed E-state index contributed by atoms with van der Waals surface area (Å²) in [6, 6.07) is 17.0. The third-order valence-corrected chi connectivity index (χ3v) is 9.35. The molecule has 0 saturated carbocycles. The van der Waals surface area contributed by atoms with Gasteiger partial charge in [0.1, 0.15) is 11.3 Å². The molecule has 2 heterocycles. The van der Waals surface area contributed by atoms with Crippen LogP contribution in [0.15, 0.2) is 72.8 Å². The van der Waals surface area contributed by atoms with Crippen molar-refractivity contribution in [2.75, 3.05) is 39.2 Å². The molecule has 272 valence electrons. The number of halogens is 7. The van der Waals surface area contributed by atoms with E-state index in [4.69, 9.17) is 14.6 Å². The van der Waals surface area contributed by atoms with Crippen molar-refractivity contribution in [1.29, 1.82) is 0 Å². The molecule has 15 heteroatoms. The highest BCUT2D eigenvalue weighted by Gasteiger charge is 2.57. The number of benzene rings is 3. The van der Waals surface area contributed by atoms with Crippen LogP contribution in [0, 0.1) is 0 Å². The van der Waals surface area contributed by atoms with Gasteiger partial charge in [0.15, 0.2) is 0 Å². The number of likely N-dealkylation sites (N-methyl/N-ethyl adjacent to an activating group) is 1. The second kappa shape index (κ2) is 15.7. The zero-order valence-corrected chi connectivity index (χ0v) is 29.2. The van der Waals surface area contributed by atoms with E-state index in [1.165, 1.54) is 14.0 Å². The molecular weight excluding hydrogens is 736 g/mol. The van der Waals surface area contributed by atoms with Gasteiger partial charge >= 0.3 is 18.4 Å². The van der Waals surface area contributed by atoms with E-state index in [9.17, 15) is 35.9 Å². The maximum absolute atomic E-state index is 13.8. The van der Waals surface area contributed by atoms with Gasteiger partial charge in [-0.25, -0.2) is 4.79 Å². The minimum absolute atomic E-state index is 0.0570. The first-order valence-electron chi connectivity index (χ1n) is 15.6. The van der Waals surface area contributed by atoms with Gasteiger partial charge in [0, 0.05) is 11.9 Å². The van der Waals surface area contributed by atoms with Crippen LogP contribution >= 0.6 is 15.9 Å². The minimum Gasteiger partial charge on any atom is -0.497 e. The van der Waals surface area contributed by atoms with E-state index in [-0.39, 0.29) is 50.3 Å². The summed E-state index contributed by atoms with van der Waals surface area (Å²) in [5.41, 5.74) is -3.74. The first kappa shape index (κ1) is 39.1. The number of carbonyl (C=O) groups excluding carboxylic acids is 2. The highest BCUT2D eigenvalue weighted by atomic mass is 79.9. The Kier molecular flexibility index (Phi) is 12.3. The van der Waals surface area contributed by atoms with Gasteiger partial charge in [0.2, 0.25) is 0 Å². The molecule has 2 aliphatic heterocycles. The zero-order chi connectivity index (χ0) is 36.9. The van der Waals surface area contributed by atoms with Crippen molar-refractivity contribution >= 4 is 27.9 Å². The first-order valence-corrected chi connectivity index (χ1v) is 16.7. The van der Waals surface area contributed by atoms with Gasteiger partial charge in [0.05, 0.1) is 49.6 Å². The largest absolute Gasteiger partial charge is 0.497 e. The number of piperidine rings is 1. The number of hydrogen-bond acceptors (Lipinski definition) is 6. The third kappa shape index (κ3) is 8.61. The zero-order valence-electron chi connectivity index (χ0n) is 27.6. The Balaban J connectivity index is 0.00000133. The Morgan fingerprint density at radius 3 is 2.02 bits per heavy atom. The molecule has 3 amide bonds. The number of nitrogens with zero attached hydrogens (tertiary/aromatic N) is 2. The van der Waals surface area contributed by atoms with Crippen LogP contribution in [0.3, 0.4) is 0 Å². The molecule has 3 atom stereocenters. The molecule has 2 saturated heterocycles. The van der Waals surface area contributed by atoms with Gasteiger partial charge < -0.3 is 19.9 Å². The topological polar surface area (TPSA) is 91.3 Å². The van der Waals surface area contributed by atoms with Gasteiger partial charge in [-0.05, 0) is 73.8 Å². The van der Waals surface area contributed by atoms with Crippen molar-refractivity contribution in [2.45, 2.75) is 55.8 Å². The maximum atomic E-state index is 13.8. The van der Waals surface area contributed by atoms with Crippen LogP contribution in [0.5, 0.6) is 5.75 Å². The monoisotopic (exact) mass is 773 g/mol. The number of rotatable bonds is 9. The summed E-state index contributed by atoms with van der Waals surface area (Å²) < 4.78 is 92.3. The standard InChI is InChI=1S/C33H33F6N3O4.C2H5BrO/c1-21(23-15-25(32(34,35)36)17-26(16-23)33(37,38)39)46-20-31(24-7-5-4-6-8-24)14-13-30(19-41(31)2)28(43)42(29(44)40-30)18-22-9-11-27(45-3)12-10-22;3-1-2-4/h4-12,15-17,21H,13-14,18-20H2,1-3H3,(H,40,44);4H,1-2H2/t21-,30?,31-;/m1./s1. The van der Waals surface area contributed by atoms with Gasteiger partial charge in [-0.3, -0.25) is 14.6 Å². The van der Waals surface area contributed by atoms with E-state index in [1.807, 2.05) is 23.1 Å². The molecule has 8 nitrogen and oxygen atoms in total. The van der Waals surface area contributed by atoms with E-state index in [0.717, 1.165) is 16.0 Å². The highest BCUT2D eigenvalue weighted by molar-refractivity contribution is 9.09. The summed E-state index contributed by atoms with van der Waals surface area (Å²) in [5, 5.41) is 11.4. The molecule has 0 bridgehead atoms. The van der Waals surface area contributed by atoms with E-state index < -0.39 is 46.7 Å². The van der Waals surface area contributed by atoms with Crippen LogP contribution < -0.4 is 10.1 Å². The molecule has 1 spiro atoms. The van der Waals surface area contributed by atoms with Crippen LogP contribution in [-0.4, -0.2) is 71.6 Å². The number of methoxy groups -OCH3 is 1. The van der Waals surface area contributed by atoms with Crippen molar-refractivity contribution < 1.29 is 50.5 Å². The molecule has 5 rings (SSSR count). The molecule has 2 N–H and O–H groups in total. The summed E-state index contributed by atoms with van der Waals surface area (Å²) in [5.74, 6) is 0.244. The van der Waals surface area contributed by atoms with Gasteiger partial charge in [0.25, 0.3) is 5.91 Å². The number of likely N-dealkylation sites (tertiary alicyclic amines) is 1. The molecule has 3 aromatic carbocycles. The summed E-state index contributed by atoms with van der Waals surface area (Å²) in [7, 11) is 3.28. The number of imide groups is 1. The van der Waals surface area contributed by atoms with E-state index in [2.05, 4.69) is 21.2 Å². The van der Waals surface area contributed by atoms with Crippen LogP contribution in [0.1, 0.15) is 53.7 Å². The molecule has 0 radical (unpaired) electrons. The lowest BCUT2D eigenvalue weighted by molar-refractivity contribution is -0.143. The number of carbonyl (C=O) groups is 2. The Morgan fingerprint density at radius 1 is 0.940 bits per heavy atom. The first-order chi connectivity index (χ1) is 23.5. The Morgan fingerprint density at radius 2 is 1.52 bits per heavy atom. The highest BCUT2D eigenvalue weighted by Crippen LogP contribution is 2.44. The lowest BCUT2D eigenvalue weighted by Crippen LogP contribution is -2.64. The normalized spacial score (nSPS) is 21.9. The molecule has 0 aromatic heterocycles. The second-order valence-corrected chi connectivity index (χ2v) is 13.0. The minimum atomic E-state index is -4.99. The van der Waals surface area contributed by atoms with Crippen molar-refractivity contribution in [3.63, 3.8) is 0 Å². The van der Waals surface area contributed by atoms with Crippen molar-refractivity contribution in [2.24, 2.45) is 0 Å². The molecule has 0 aliphatic carbocycles. The van der Waals surface area contributed by atoms with Crippen molar-refractivity contribution in [3.05, 3.63) is 101 Å². The average Bonchev–Trinajstić information content (AvgIpc) is 3.31. The Bertz CT molecular complexity index is 1590. The fourth-order valence-corrected chi connectivity index (χ4v) is 6.21. The number of aliphatic hydroxyl groups excluding tert-OH is 1. The third-order valence-electron chi connectivity index (χ3n) is 9.00. The maximum Gasteiger partial charge on any atom is 0.416 e. The average molecular weight is 775 g/mol. The van der Waals surface area contributed by atoms with Gasteiger partial charge in [-0.2, -0.15) is 26.3 Å². The van der Waals surface area contributed by atoms with E-state index in [1.54, 1.807) is 43.4 Å². The van der Waals surface area contributed by atoms with Crippen molar-refractivity contribution in [3.8, 4) is 5.75 Å². The molecule has 3 aromatic rings. The van der Waals surface area contributed by atoms with Crippen LogP contribution in [-0.2, 0) is 34.0 Å². The van der Waals surface area contributed by atoms with E-state index in [0.29, 0.717) is 29.6 Å². The van der Waals surface area contributed by atoms with Crippen LogP contribution in [0.2, 0.25) is 0 Å². The van der Waals surface area contributed by atoms with Gasteiger partial charge in [-0.1, -0.05) is 58.4 Å². The number of amides is 3. The lowest BCUT2D eigenvalue weighted by atomic mass is 9.74. The molecular formula is C35H38BrF6N3O5. The SMILES string of the molecule is COc1ccc(CN2C(=O)NC3(CC[C@@](CO[C@H](C)c4cc(C(F)(F)F)cc(C(F)(F)F)c4)(c4ccccc4)N(C)C3)C2=O)cc1.OCCBr. The number of urea groups is 1. The predicted octanol–water partition coefficient (Wildman–Crippen LogP) is 7.30.